The van der Waals surface area contributed by atoms with Gasteiger partial charge in [0.1, 0.15) is 10.8 Å². The van der Waals surface area contributed by atoms with E-state index in [9.17, 15) is 0 Å². The van der Waals surface area contributed by atoms with E-state index in [1.807, 2.05) is 42.9 Å². The summed E-state index contributed by atoms with van der Waals surface area (Å²) in [5, 5.41) is 7.73. The maximum absolute atomic E-state index is 6.01. The second kappa shape index (κ2) is 6.52. The summed E-state index contributed by atoms with van der Waals surface area (Å²) in [6.07, 6.45) is 0. The molecule has 0 saturated heterocycles. The van der Waals surface area contributed by atoms with Gasteiger partial charge in [-0.05, 0) is 37.3 Å². The Morgan fingerprint density at radius 3 is 2.61 bits per heavy atom. The van der Waals surface area contributed by atoms with Gasteiger partial charge in [-0.15, -0.1) is 11.3 Å². The summed E-state index contributed by atoms with van der Waals surface area (Å²) in [6, 6.07) is 9.99. The largest absolute Gasteiger partial charge is 0.497 e. The van der Waals surface area contributed by atoms with Crippen LogP contribution in [0.25, 0.3) is 11.3 Å². The summed E-state index contributed by atoms with van der Waals surface area (Å²) in [5.41, 5.74) is 10.1. The first-order valence-corrected chi connectivity index (χ1v) is 8.30. The van der Waals surface area contributed by atoms with Gasteiger partial charge in [0.05, 0.1) is 18.7 Å². The molecular weight excluding hydrogens is 308 g/mol. The van der Waals surface area contributed by atoms with E-state index in [1.54, 1.807) is 18.4 Å². The molecule has 2 aromatic heterocycles. The first-order chi connectivity index (χ1) is 11.1. The lowest BCUT2D eigenvalue weighted by Crippen LogP contribution is -2.16. The van der Waals surface area contributed by atoms with Crippen molar-refractivity contribution in [3.05, 3.63) is 52.1 Å². The van der Waals surface area contributed by atoms with Gasteiger partial charge in [0.15, 0.2) is 0 Å². The van der Waals surface area contributed by atoms with Gasteiger partial charge in [0.25, 0.3) is 0 Å². The number of methoxy groups -OCH3 is 1. The van der Waals surface area contributed by atoms with Gasteiger partial charge in [-0.1, -0.05) is 0 Å². The number of nitrogens with two attached hydrogens (primary N) is 1. The Morgan fingerprint density at radius 1 is 1.30 bits per heavy atom. The van der Waals surface area contributed by atoms with Crippen molar-refractivity contribution in [2.45, 2.75) is 12.8 Å². The summed E-state index contributed by atoms with van der Waals surface area (Å²) < 4.78 is 7.10. The minimum absolute atomic E-state index is 0.0678. The molecule has 3 aromatic rings. The monoisotopic (exact) mass is 328 g/mol. The average Bonchev–Trinajstić information content (AvgIpc) is 3.15. The lowest BCUT2D eigenvalue weighted by Gasteiger charge is -2.11. The van der Waals surface area contributed by atoms with Crippen LogP contribution >= 0.6 is 11.3 Å². The van der Waals surface area contributed by atoms with E-state index in [0.717, 1.165) is 33.4 Å². The molecule has 1 atom stereocenters. The zero-order valence-corrected chi connectivity index (χ0v) is 14.3. The minimum Gasteiger partial charge on any atom is -0.497 e. The van der Waals surface area contributed by atoms with Crippen LogP contribution in [0.15, 0.2) is 35.7 Å². The molecule has 0 radical (unpaired) electrons. The lowest BCUT2D eigenvalue weighted by atomic mass is 10.0. The highest BCUT2D eigenvalue weighted by atomic mass is 32.1. The van der Waals surface area contributed by atoms with E-state index in [4.69, 9.17) is 10.5 Å². The Bertz CT molecular complexity index is 791. The van der Waals surface area contributed by atoms with Crippen molar-refractivity contribution < 1.29 is 4.74 Å². The topological polar surface area (TPSA) is 66.0 Å². The van der Waals surface area contributed by atoms with Crippen LogP contribution in [0.3, 0.4) is 0 Å². The molecule has 0 aliphatic carbocycles. The molecule has 0 saturated carbocycles. The molecule has 5 nitrogen and oxygen atoms in total. The summed E-state index contributed by atoms with van der Waals surface area (Å²) in [5.74, 6) is 0.904. The molecule has 0 aliphatic heterocycles. The van der Waals surface area contributed by atoms with Crippen LogP contribution in [0.4, 0.5) is 0 Å². The molecule has 0 fully saturated rings. The number of hydrogen-bond donors (Lipinski definition) is 1. The van der Waals surface area contributed by atoms with Crippen LogP contribution in [0.1, 0.15) is 22.3 Å². The molecule has 1 aromatic carbocycles. The summed E-state index contributed by atoms with van der Waals surface area (Å²) >= 11 is 1.65. The van der Waals surface area contributed by atoms with Crippen LogP contribution in [-0.2, 0) is 7.05 Å². The molecule has 0 amide bonds. The van der Waals surface area contributed by atoms with Gasteiger partial charge in [-0.3, -0.25) is 4.68 Å². The molecule has 1 unspecified atom stereocenters. The van der Waals surface area contributed by atoms with Crippen molar-refractivity contribution in [1.29, 1.82) is 0 Å². The summed E-state index contributed by atoms with van der Waals surface area (Å²) in [7, 11) is 3.61. The Morgan fingerprint density at radius 2 is 2.04 bits per heavy atom. The number of ether oxygens (including phenoxy) is 1. The molecule has 3 rings (SSSR count). The van der Waals surface area contributed by atoms with E-state index < -0.39 is 0 Å². The Labute approximate surface area is 139 Å². The van der Waals surface area contributed by atoms with Crippen LogP contribution in [0.5, 0.6) is 5.75 Å². The van der Waals surface area contributed by atoms with Gasteiger partial charge in [0.2, 0.25) is 0 Å². The summed E-state index contributed by atoms with van der Waals surface area (Å²) in [6.45, 7) is 2.51. The summed E-state index contributed by atoms with van der Waals surface area (Å²) in [4.78, 5) is 4.58. The first-order valence-electron chi connectivity index (χ1n) is 7.43. The normalized spacial score (nSPS) is 12.3. The third-order valence-electron chi connectivity index (χ3n) is 3.83. The van der Waals surface area contributed by atoms with Crippen LogP contribution in [0, 0.1) is 6.92 Å². The third kappa shape index (κ3) is 3.13. The van der Waals surface area contributed by atoms with E-state index in [2.05, 4.69) is 21.5 Å². The van der Waals surface area contributed by atoms with Gasteiger partial charge in [-0.25, -0.2) is 4.98 Å². The molecular formula is C17H20N4OS. The fraction of sp³-hybridized carbons (Fsp3) is 0.294. The zero-order valence-electron chi connectivity index (χ0n) is 13.5. The highest BCUT2D eigenvalue weighted by molar-refractivity contribution is 7.09. The Balaban J connectivity index is 1.96. The molecule has 23 heavy (non-hydrogen) atoms. The Hall–Kier alpha value is -2.18. The molecule has 6 heteroatoms. The smallest absolute Gasteiger partial charge is 0.118 e. The number of thiazole rings is 1. The molecule has 0 spiro atoms. The molecule has 2 heterocycles. The van der Waals surface area contributed by atoms with Gasteiger partial charge >= 0.3 is 0 Å². The van der Waals surface area contributed by atoms with Gasteiger partial charge in [-0.2, -0.15) is 5.10 Å². The van der Waals surface area contributed by atoms with Crippen molar-refractivity contribution >= 4 is 11.3 Å². The van der Waals surface area contributed by atoms with Crippen molar-refractivity contribution in [1.82, 2.24) is 14.8 Å². The SMILES string of the molecule is COc1ccc(-c2cc(C(CN)c3nc(C)cs3)n(C)n2)cc1. The molecule has 0 aliphatic rings. The number of hydrogen-bond acceptors (Lipinski definition) is 5. The standard InChI is InChI=1S/C17H20N4OS/c1-11-10-23-17(19-11)14(9-18)16-8-15(20-21(16)2)12-4-6-13(22-3)7-5-12/h4-8,10,14H,9,18H2,1-3H3. The van der Waals surface area contributed by atoms with E-state index in [1.165, 1.54) is 0 Å². The third-order valence-corrected chi connectivity index (χ3v) is 4.91. The quantitative estimate of drug-likeness (QED) is 0.782. The van der Waals surface area contributed by atoms with Crippen molar-refractivity contribution in [2.24, 2.45) is 12.8 Å². The molecule has 0 bridgehead atoms. The van der Waals surface area contributed by atoms with Crippen LogP contribution < -0.4 is 10.5 Å². The highest BCUT2D eigenvalue weighted by Gasteiger charge is 2.21. The number of rotatable bonds is 5. The fourth-order valence-electron chi connectivity index (χ4n) is 2.59. The van der Waals surface area contributed by atoms with Gasteiger partial charge < -0.3 is 10.5 Å². The Kier molecular flexibility index (Phi) is 4.45. The minimum atomic E-state index is 0.0678. The van der Waals surface area contributed by atoms with E-state index in [0.29, 0.717) is 6.54 Å². The number of aryl methyl sites for hydroxylation is 2. The molecule has 2 N–H and O–H groups in total. The fourth-order valence-corrected chi connectivity index (χ4v) is 3.51. The van der Waals surface area contributed by atoms with Crippen molar-refractivity contribution in [2.75, 3.05) is 13.7 Å². The average molecular weight is 328 g/mol. The zero-order chi connectivity index (χ0) is 16.4. The predicted octanol–water partition coefficient (Wildman–Crippen LogP) is 2.95. The maximum atomic E-state index is 6.01. The number of benzene rings is 1. The maximum Gasteiger partial charge on any atom is 0.118 e. The van der Waals surface area contributed by atoms with Crippen LogP contribution in [0.2, 0.25) is 0 Å². The lowest BCUT2D eigenvalue weighted by molar-refractivity contribution is 0.415. The second-order valence-corrected chi connectivity index (χ2v) is 6.31. The highest BCUT2D eigenvalue weighted by Crippen LogP contribution is 2.30. The van der Waals surface area contributed by atoms with Gasteiger partial charge in [0, 0.05) is 35.9 Å². The molecule has 120 valence electrons. The van der Waals surface area contributed by atoms with E-state index >= 15 is 0 Å². The van der Waals surface area contributed by atoms with Crippen molar-refractivity contribution in [3.63, 3.8) is 0 Å². The number of aromatic nitrogens is 3. The van der Waals surface area contributed by atoms with E-state index in [-0.39, 0.29) is 5.92 Å². The first kappa shape index (κ1) is 15.7. The van der Waals surface area contributed by atoms with Crippen LogP contribution in [-0.4, -0.2) is 28.4 Å². The number of nitrogens with zero attached hydrogens (tertiary/aromatic N) is 3. The second-order valence-electron chi connectivity index (χ2n) is 5.42. The predicted molar refractivity (Wildman–Crippen MR) is 92.9 cm³/mol. The van der Waals surface area contributed by atoms with Crippen molar-refractivity contribution in [3.8, 4) is 17.0 Å².